The molecule has 0 aliphatic carbocycles. The first kappa shape index (κ1) is 16.8. The Morgan fingerprint density at radius 3 is 2.25 bits per heavy atom. The van der Waals surface area contributed by atoms with Crippen molar-refractivity contribution < 1.29 is 9.53 Å². The maximum absolute atomic E-state index is 12.2. The minimum absolute atomic E-state index is 0.0997. The van der Waals surface area contributed by atoms with Gasteiger partial charge in [0, 0.05) is 11.1 Å². The highest BCUT2D eigenvalue weighted by Crippen LogP contribution is 2.19. The third-order valence-corrected chi connectivity index (χ3v) is 3.46. The number of ether oxygens (including phenoxy) is 1. The zero-order valence-electron chi connectivity index (χ0n) is 12.8. The molecule has 0 radical (unpaired) electrons. The van der Waals surface area contributed by atoms with Crippen molar-refractivity contribution in [3.05, 3.63) is 29.3 Å². The summed E-state index contributed by atoms with van der Waals surface area (Å²) in [4.78, 5) is 12.2. The van der Waals surface area contributed by atoms with Crippen LogP contribution in [0.3, 0.4) is 0 Å². The summed E-state index contributed by atoms with van der Waals surface area (Å²) in [6.07, 6.45) is -0.548. The molecule has 0 bridgehead atoms. The van der Waals surface area contributed by atoms with Crippen LogP contribution in [0.2, 0.25) is 5.02 Å². The van der Waals surface area contributed by atoms with Crippen molar-refractivity contribution in [3.63, 3.8) is 0 Å². The monoisotopic (exact) mass is 297 g/mol. The topological polar surface area (TPSA) is 38.3 Å². The second-order valence-electron chi connectivity index (χ2n) is 5.74. The Kier molecular flexibility index (Phi) is 6.34. The van der Waals surface area contributed by atoms with Gasteiger partial charge in [0.2, 0.25) is 0 Å². The Bertz CT molecular complexity index is 438. The van der Waals surface area contributed by atoms with Crippen LogP contribution in [0.15, 0.2) is 24.3 Å². The van der Waals surface area contributed by atoms with Gasteiger partial charge in [-0.05, 0) is 37.0 Å². The fourth-order valence-electron chi connectivity index (χ4n) is 2.18. The SMILES string of the molecule is CC(C)C(NC(=O)[C@@H](C)Oc1cccc(Cl)c1)C(C)C. The molecular weight excluding hydrogens is 274 g/mol. The van der Waals surface area contributed by atoms with E-state index < -0.39 is 6.10 Å². The molecule has 1 amide bonds. The molecule has 0 aliphatic heterocycles. The third-order valence-electron chi connectivity index (χ3n) is 3.22. The van der Waals surface area contributed by atoms with E-state index in [9.17, 15) is 4.79 Å². The molecule has 1 aromatic carbocycles. The van der Waals surface area contributed by atoms with Crippen molar-refractivity contribution in [3.8, 4) is 5.75 Å². The van der Waals surface area contributed by atoms with Crippen LogP contribution < -0.4 is 10.1 Å². The van der Waals surface area contributed by atoms with Crippen LogP contribution in [0, 0.1) is 11.8 Å². The summed E-state index contributed by atoms with van der Waals surface area (Å²) < 4.78 is 5.62. The molecule has 1 atom stereocenters. The van der Waals surface area contributed by atoms with E-state index in [0.717, 1.165) is 0 Å². The number of hydrogen-bond donors (Lipinski definition) is 1. The van der Waals surface area contributed by atoms with Crippen LogP contribution in [0.5, 0.6) is 5.75 Å². The van der Waals surface area contributed by atoms with E-state index in [0.29, 0.717) is 22.6 Å². The quantitative estimate of drug-likeness (QED) is 0.864. The Morgan fingerprint density at radius 1 is 1.15 bits per heavy atom. The summed E-state index contributed by atoms with van der Waals surface area (Å²) in [5, 5.41) is 3.65. The highest BCUT2D eigenvalue weighted by atomic mass is 35.5. The highest BCUT2D eigenvalue weighted by Gasteiger charge is 2.23. The average Bonchev–Trinajstić information content (AvgIpc) is 2.34. The van der Waals surface area contributed by atoms with E-state index in [4.69, 9.17) is 16.3 Å². The molecule has 0 saturated heterocycles. The second-order valence-corrected chi connectivity index (χ2v) is 6.18. The normalized spacial score (nSPS) is 12.8. The molecule has 0 saturated carbocycles. The van der Waals surface area contributed by atoms with E-state index in [-0.39, 0.29) is 11.9 Å². The molecule has 112 valence electrons. The molecule has 1 aromatic rings. The van der Waals surface area contributed by atoms with E-state index in [1.807, 2.05) is 0 Å². The maximum atomic E-state index is 12.2. The minimum atomic E-state index is -0.548. The minimum Gasteiger partial charge on any atom is -0.481 e. The Balaban J connectivity index is 2.63. The van der Waals surface area contributed by atoms with E-state index >= 15 is 0 Å². The van der Waals surface area contributed by atoms with Crippen molar-refractivity contribution >= 4 is 17.5 Å². The number of rotatable bonds is 6. The van der Waals surface area contributed by atoms with Gasteiger partial charge >= 0.3 is 0 Å². The lowest BCUT2D eigenvalue weighted by Crippen LogP contribution is -2.47. The van der Waals surface area contributed by atoms with Gasteiger partial charge in [0.15, 0.2) is 6.10 Å². The average molecular weight is 298 g/mol. The van der Waals surface area contributed by atoms with Crippen molar-refractivity contribution in [1.29, 1.82) is 0 Å². The highest BCUT2D eigenvalue weighted by molar-refractivity contribution is 6.30. The predicted octanol–water partition coefficient (Wildman–Crippen LogP) is 3.90. The van der Waals surface area contributed by atoms with Crippen LogP contribution in [-0.4, -0.2) is 18.1 Å². The number of halogens is 1. The molecule has 20 heavy (non-hydrogen) atoms. The summed E-state index contributed by atoms with van der Waals surface area (Å²) in [7, 11) is 0. The molecule has 0 aliphatic rings. The molecule has 4 heteroatoms. The number of hydrogen-bond acceptors (Lipinski definition) is 2. The van der Waals surface area contributed by atoms with Gasteiger partial charge in [0.1, 0.15) is 5.75 Å². The van der Waals surface area contributed by atoms with Crippen LogP contribution in [-0.2, 0) is 4.79 Å². The summed E-state index contributed by atoms with van der Waals surface area (Å²) in [6.45, 7) is 10.2. The maximum Gasteiger partial charge on any atom is 0.261 e. The lowest BCUT2D eigenvalue weighted by Gasteiger charge is -2.27. The lowest BCUT2D eigenvalue weighted by atomic mass is 9.93. The third kappa shape index (κ3) is 5.04. The Morgan fingerprint density at radius 2 is 1.75 bits per heavy atom. The van der Waals surface area contributed by atoms with Gasteiger partial charge in [0.25, 0.3) is 5.91 Å². The van der Waals surface area contributed by atoms with Gasteiger partial charge in [-0.1, -0.05) is 45.4 Å². The molecule has 1 N–H and O–H groups in total. The first-order valence-corrected chi connectivity index (χ1v) is 7.41. The molecule has 0 unspecified atom stereocenters. The molecule has 0 spiro atoms. The van der Waals surface area contributed by atoms with E-state index in [1.165, 1.54) is 0 Å². The zero-order valence-corrected chi connectivity index (χ0v) is 13.6. The first-order chi connectivity index (χ1) is 9.31. The van der Waals surface area contributed by atoms with Crippen molar-refractivity contribution in [2.24, 2.45) is 11.8 Å². The van der Waals surface area contributed by atoms with Crippen molar-refractivity contribution in [1.82, 2.24) is 5.32 Å². The van der Waals surface area contributed by atoms with Gasteiger partial charge in [-0.25, -0.2) is 0 Å². The van der Waals surface area contributed by atoms with Gasteiger partial charge in [0.05, 0.1) is 0 Å². The van der Waals surface area contributed by atoms with Gasteiger partial charge in [-0.3, -0.25) is 4.79 Å². The van der Waals surface area contributed by atoms with Crippen LogP contribution in [0.4, 0.5) is 0 Å². The Labute approximate surface area is 126 Å². The standard InChI is InChI=1S/C16H24ClNO2/c1-10(2)15(11(3)4)18-16(19)12(5)20-14-8-6-7-13(17)9-14/h6-12,15H,1-5H3,(H,18,19)/t12-/m1/s1. The Hall–Kier alpha value is -1.22. The smallest absolute Gasteiger partial charge is 0.261 e. The molecular formula is C16H24ClNO2. The van der Waals surface area contributed by atoms with E-state index in [2.05, 4.69) is 33.0 Å². The number of benzene rings is 1. The number of nitrogens with one attached hydrogen (secondary N) is 1. The number of carbonyl (C=O) groups is 1. The molecule has 3 nitrogen and oxygen atoms in total. The molecule has 0 aromatic heterocycles. The molecule has 0 fully saturated rings. The predicted molar refractivity (Wildman–Crippen MR) is 83.1 cm³/mol. The summed E-state index contributed by atoms with van der Waals surface area (Å²) in [5.74, 6) is 1.28. The van der Waals surface area contributed by atoms with E-state index in [1.54, 1.807) is 31.2 Å². The fraction of sp³-hybridized carbons (Fsp3) is 0.562. The number of amides is 1. The van der Waals surface area contributed by atoms with Crippen LogP contribution >= 0.6 is 11.6 Å². The van der Waals surface area contributed by atoms with Crippen LogP contribution in [0.25, 0.3) is 0 Å². The van der Waals surface area contributed by atoms with Gasteiger partial charge in [-0.15, -0.1) is 0 Å². The largest absolute Gasteiger partial charge is 0.481 e. The van der Waals surface area contributed by atoms with Gasteiger partial charge < -0.3 is 10.1 Å². The summed E-state index contributed by atoms with van der Waals surface area (Å²) in [6, 6.07) is 7.21. The number of carbonyl (C=O) groups excluding carboxylic acids is 1. The van der Waals surface area contributed by atoms with Crippen molar-refractivity contribution in [2.45, 2.75) is 46.8 Å². The fourth-order valence-corrected chi connectivity index (χ4v) is 2.36. The lowest BCUT2D eigenvalue weighted by molar-refractivity contribution is -0.128. The second kappa shape index (κ2) is 7.53. The molecule has 1 rings (SSSR count). The summed E-state index contributed by atoms with van der Waals surface area (Å²) >= 11 is 5.89. The first-order valence-electron chi connectivity index (χ1n) is 7.04. The van der Waals surface area contributed by atoms with Crippen LogP contribution in [0.1, 0.15) is 34.6 Å². The molecule has 0 heterocycles. The zero-order chi connectivity index (χ0) is 15.3. The van der Waals surface area contributed by atoms with Gasteiger partial charge in [-0.2, -0.15) is 0 Å². The van der Waals surface area contributed by atoms with Crippen molar-refractivity contribution in [2.75, 3.05) is 0 Å². The summed E-state index contributed by atoms with van der Waals surface area (Å²) in [5.41, 5.74) is 0.